The molecule has 1 amide bonds. The maximum Gasteiger partial charge on any atom is 0.243 e. The standard InChI is InChI=1S/C18H30N4O.HI/c1-6-12-19-18(20-13-17(23)22(4)5)21-15(3)14(2)16-10-8-7-9-11-16;/h7-11,14-15H,6,12-13H2,1-5H3,(H2,19,20,21);1H. The summed E-state index contributed by atoms with van der Waals surface area (Å²) in [5.74, 6) is 1.03. The molecule has 2 unspecified atom stereocenters. The van der Waals surface area contributed by atoms with Crippen LogP contribution in [0.1, 0.15) is 38.7 Å². The van der Waals surface area contributed by atoms with Crippen molar-refractivity contribution < 1.29 is 4.79 Å². The number of nitrogens with zero attached hydrogens (tertiary/aromatic N) is 2. The number of hydrogen-bond donors (Lipinski definition) is 2. The molecule has 0 heterocycles. The van der Waals surface area contributed by atoms with Gasteiger partial charge >= 0.3 is 0 Å². The first-order chi connectivity index (χ1) is 11.0. The first-order valence-electron chi connectivity index (χ1n) is 8.25. The normalized spacial score (nSPS) is 13.5. The van der Waals surface area contributed by atoms with Crippen LogP contribution >= 0.6 is 24.0 Å². The minimum Gasteiger partial charge on any atom is -0.356 e. The highest BCUT2D eigenvalue weighted by molar-refractivity contribution is 14.0. The van der Waals surface area contributed by atoms with E-state index in [1.165, 1.54) is 5.56 Å². The van der Waals surface area contributed by atoms with Crippen molar-refractivity contribution in [3.05, 3.63) is 35.9 Å². The molecule has 0 radical (unpaired) electrons. The Labute approximate surface area is 163 Å². The van der Waals surface area contributed by atoms with Crippen LogP contribution in [-0.2, 0) is 4.79 Å². The van der Waals surface area contributed by atoms with Gasteiger partial charge in [-0.1, -0.05) is 44.2 Å². The molecular formula is C18H31IN4O. The van der Waals surface area contributed by atoms with Gasteiger partial charge in [0.25, 0.3) is 0 Å². The molecule has 136 valence electrons. The van der Waals surface area contributed by atoms with Crippen LogP contribution < -0.4 is 10.6 Å². The number of nitrogens with one attached hydrogen (secondary N) is 2. The third kappa shape index (κ3) is 7.99. The number of guanidine groups is 1. The van der Waals surface area contributed by atoms with Crippen LogP contribution in [0.4, 0.5) is 0 Å². The quantitative estimate of drug-likeness (QED) is 0.385. The fraction of sp³-hybridized carbons (Fsp3) is 0.556. The fourth-order valence-electron chi connectivity index (χ4n) is 2.07. The second-order valence-electron chi connectivity index (χ2n) is 6.01. The number of benzene rings is 1. The van der Waals surface area contributed by atoms with Crippen LogP contribution in [0.15, 0.2) is 35.3 Å². The Morgan fingerprint density at radius 2 is 1.83 bits per heavy atom. The van der Waals surface area contributed by atoms with Crippen LogP contribution in [-0.4, -0.2) is 50.0 Å². The summed E-state index contributed by atoms with van der Waals surface area (Å²) in [6.07, 6.45) is 1.00. The minimum absolute atomic E-state index is 0. The van der Waals surface area contributed by atoms with Crippen molar-refractivity contribution in [2.75, 3.05) is 27.2 Å². The lowest BCUT2D eigenvalue weighted by molar-refractivity contribution is -0.127. The number of carbonyl (C=O) groups is 1. The van der Waals surface area contributed by atoms with E-state index in [0.29, 0.717) is 11.9 Å². The van der Waals surface area contributed by atoms with Crippen molar-refractivity contribution in [1.29, 1.82) is 0 Å². The largest absolute Gasteiger partial charge is 0.356 e. The third-order valence-electron chi connectivity index (χ3n) is 3.85. The van der Waals surface area contributed by atoms with Gasteiger partial charge in [-0.25, -0.2) is 4.99 Å². The van der Waals surface area contributed by atoms with E-state index < -0.39 is 0 Å². The van der Waals surface area contributed by atoms with Gasteiger partial charge in [0.15, 0.2) is 5.96 Å². The number of likely N-dealkylation sites (N-methyl/N-ethyl adjacent to an activating group) is 1. The lowest BCUT2D eigenvalue weighted by atomic mass is 9.94. The van der Waals surface area contributed by atoms with Crippen LogP contribution in [0.3, 0.4) is 0 Å². The SMILES string of the molecule is CCCNC(=NCC(=O)N(C)C)NC(C)C(C)c1ccccc1.I. The smallest absolute Gasteiger partial charge is 0.243 e. The highest BCUT2D eigenvalue weighted by Gasteiger charge is 2.15. The van der Waals surface area contributed by atoms with Crippen LogP contribution in [0.5, 0.6) is 0 Å². The number of rotatable bonds is 7. The molecule has 6 heteroatoms. The van der Waals surface area contributed by atoms with Crippen molar-refractivity contribution in [1.82, 2.24) is 15.5 Å². The first-order valence-corrected chi connectivity index (χ1v) is 8.25. The zero-order chi connectivity index (χ0) is 17.2. The van der Waals surface area contributed by atoms with Gasteiger partial charge in [-0.3, -0.25) is 4.79 Å². The summed E-state index contributed by atoms with van der Waals surface area (Å²) in [6, 6.07) is 10.6. The number of amides is 1. The van der Waals surface area contributed by atoms with E-state index >= 15 is 0 Å². The maximum absolute atomic E-state index is 11.7. The summed E-state index contributed by atoms with van der Waals surface area (Å²) in [5.41, 5.74) is 1.28. The van der Waals surface area contributed by atoms with Crippen LogP contribution in [0.2, 0.25) is 0 Å². The van der Waals surface area contributed by atoms with Crippen molar-refractivity contribution in [3.63, 3.8) is 0 Å². The van der Waals surface area contributed by atoms with E-state index in [-0.39, 0.29) is 42.5 Å². The summed E-state index contributed by atoms with van der Waals surface area (Å²) >= 11 is 0. The summed E-state index contributed by atoms with van der Waals surface area (Å²) < 4.78 is 0. The molecule has 0 fully saturated rings. The number of aliphatic imine (C=N–C) groups is 1. The zero-order valence-corrected chi connectivity index (χ0v) is 17.7. The Balaban J connectivity index is 0.00000529. The second kappa shape index (κ2) is 12.1. The van der Waals surface area contributed by atoms with Crippen molar-refractivity contribution in [3.8, 4) is 0 Å². The molecule has 0 aromatic heterocycles. The molecule has 0 bridgehead atoms. The molecule has 1 aromatic rings. The Bertz CT molecular complexity index is 505. The first kappa shape index (κ1) is 22.7. The molecule has 2 atom stereocenters. The molecular weight excluding hydrogens is 415 g/mol. The third-order valence-corrected chi connectivity index (χ3v) is 3.85. The Hall–Kier alpha value is -1.31. The summed E-state index contributed by atoms with van der Waals surface area (Å²) in [7, 11) is 3.48. The molecule has 5 nitrogen and oxygen atoms in total. The van der Waals surface area contributed by atoms with E-state index in [0.717, 1.165) is 13.0 Å². The van der Waals surface area contributed by atoms with Gasteiger partial charge in [0.05, 0.1) is 0 Å². The highest BCUT2D eigenvalue weighted by atomic mass is 127. The van der Waals surface area contributed by atoms with Crippen molar-refractivity contribution in [2.45, 2.75) is 39.2 Å². The Kier molecular flexibility index (Phi) is 11.4. The van der Waals surface area contributed by atoms with Gasteiger partial charge in [0, 0.05) is 32.6 Å². The number of carbonyl (C=O) groups excluding carboxylic acids is 1. The predicted molar refractivity (Wildman–Crippen MR) is 112 cm³/mol. The minimum atomic E-state index is -0.00800. The van der Waals surface area contributed by atoms with E-state index in [1.54, 1.807) is 19.0 Å². The van der Waals surface area contributed by atoms with Gasteiger partial charge < -0.3 is 15.5 Å². The van der Waals surface area contributed by atoms with E-state index in [2.05, 4.69) is 60.7 Å². The summed E-state index contributed by atoms with van der Waals surface area (Å²) in [4.78, 5) is 17.7. The van der Waals surface area contributed by atoms with E-state index in [4.69, 9.17) is 0 Å². The topological polar surface area (TPSA) is 56.7 Å². The van der Waals surface area contributed by atoms with E-state index in [9.17, 15) is 4.79 Å². The molecule has 1 rings (SSSR count). The molecule has 0 aliphatic heterocycles. The van der Waals surface area contributed by atoms with Crippen LogP contribution in [0.25, 0.3) is 0 Å². The molecule has 0 saturated carbocycles. The van der Waals surface area contributed by atoms with E-state index in [1.807, 2.05) is 6.07 Å². The maximum atomic E-state index is 11.7. The zero-order valence-electron chi connectivity index (χ0n) is 15.4. The fourth-order valence-corrected chi connectivity index (χ4v) is 2.07. The number of hydrogen-bond acceptors (Lipinski definition) is 2. The molecule has 24 heavy (non-hydrogen) atoms. The molecule has 0 spiro atoms. The summed E-state index contributed by atoms with van der Waals surface area (Å²) in [5, 5.41) is 6.68. The average molecular weight is 446 g/mol. The molecule has 2 N–H and O–H groups in total. The predicted octanol–water partition coefficient (Wildman–Crippen LogP) is 2.83. The average Bonchev–Trinajstić information content (AvgIpc) is 2.56. The Morgan fingerprint density at radius 3 is 2.38 bits per heavy atom. The van der Waals surface area contributed by atoms with Crippen LogP contribution in [0, 0.1) is 0 Å². The second-order valence-corrected chi connectivity index (χ2v) is 6.01. The van der Waals surface area contributed by atoms with Gasteiger partial charge in [0.2, 0.25) is 5.91 Å². The van der Waals surface area contributed by atoms with Gasteiger partial charge in [-0.2, -0.15) is 0 Å². The molecule has 0 aliphatic carbocycles. The highest BCUT2D eigenvalue weighted by Crippen LogP contribution is 2.18. The monoisotopic (exact) mass is 446 g/mol. The van der Waals surface area contributed by atoms with Crippen molar-refractivity contribution >= 4 is 35.8 Å². The van der Waals surface area contributed by atoms with Gasteiger partial charge in [0.1, 0.15) is 6.54 Å². The van der Waals surface area contributed by atoms with Gasteiger partial charge in [-0.05, 0) is 18.9 Å². The summed E-state index contributed by atoms with van der Waals surface area (Å²) in [6.45, 7) is 7.41. The lowest BCUT2D eigenvalue weighted by Gasteiger charge is -2.24. The molecule has 0 aliphatic rings. The molecule has 0 saturated heterocycles. The Morgan fingerprint density at radius 1 is 1.21 bits per heavy atom. The number of halogens is 1. The lowest BCUT2D eigenvalue weighted by Crippen LogP contribution is -2.45. The molecule has 1 aromatic carbocycles. The van der Waals surface area contributed by atoms with Gasteiger partial charge in [-0.15, -0.1) is 24.0 Å². The van der Waals surface area contributed by atoms with Crippen molar-refractivity contribution in [2.24, 2.45) is 4.99 Å².